The molecule has 0 aliphatic heterocycles. The van der Waals surface area contributed by atoms with Gasteiger partial charge in [0.15, 0.2) is 5.82 Å². The van der Waals surface area contributed by atoms with Gasteiger partial charge in [0.25, 0.3) is 0 Å². The van der Waals surface area contributed by atoms with E-state index in [1.807, 2.05) is 6.92 Å². The first-order valence-corrected chi connectivity index (χ1v) is 6.93. The van der Waals surface area contributed by atoms with E-state index in [0.29, 0.717) is 39.9 Å². The molecule has 0 radical (unpaired) electrons. The van der Waals surface area contributed by atoms with Crippen molar-refractivity contribution in [3.8, 4) is 11.6 Å². The molecule has 0 saturated heterocycles. The number of nitrogens with two attached hydrogens (primary N) is 1. The summed E-state index contributed by atoms with van der Waals surface area (Å²) in [5.41, 5.74) is 2.46. The van der Waals surface area contributed by atoms with Crippen molar-refractivity contribution in [1.29, 1.82) is 0 Å². The number of rotatable bonds is 6. The monoisotopic (exact) mass is 328 g/mol. The molecule has 0 bridgehead atoms. The molecular formula is C13H14Cl2N4O2. The maximum atomic E-state index is 5.94. The summed E-state index contributed by atoms with van der Waals surface area (Å²) in [5.74, 6) is 7.10. The minimum absolute atomic E-state index is 0.268. The van der Waals surface area contributed by atoms with E-state index in [1.165, 1.54) is 0 Å². The van der Waals surface area contributed by atoms with Gasteiger partial charge in [0, 0.05) is 18.7 Å². The van der Waals surface area contributed by atoms with Gasteiger partial charge in [-0.25, -0.2) is 10.8 Å². The largest absolute Gasteiger partial charge is 0.439 e. The number of hydrogen-bond acceptors (Lipinski definition) is 6. The van der Waals surface area contributed by atoms with E-state index in [9.17, 15) is 0 Å². The molecule has 0 amide bonds. The number of hydrazine groups is 1. The molecule has 1 aromatic heterocycles. The SMILES string of the molecule is CCOCc1nc(NN)cc(Oc2ccc(Cl)c(Cl)c2)n1. The van der Waals surface area contributed by atoms with Crippen LogP contribution in [0.1, 0.15) is 12.7 Å². The summed E-state index contributed by atoms with van der Waals surface area (Å²) in [4.78, 5) is 8.40. The van der Waals surface area contributed by atoms with Crippen LogP contribution >= 0.6 is 23.2 Å². The molecule has 112 valence electrons. The van der Waals surface area contributed by atoms with Crippen LogP contribution in [0.15, 0.2) is 24.3 Å². The number of nitrogens with one attached hydrogen (secondary N) is 1. The van der Waals surface area contributed by atoms with E-state index in [2.05, 4.69) is 15.4 Å². The van der Waals surface area contributed by atoms with Crippen LogP contribution in [0.25, 0.3) is 0 Å². The lowest BCUT2D eigenvalue weighted by Crippen LogP contribution is -2.11. The van der Waals surface area contributed by atoms with Gasteiger partial charge >= 0.3 is 0 Å². The van der Waals surface area contributed by atoms with Gasteiger partial charge in [0.2, 0.25) is 5.88 Å². The average molecular weight is 329 g/mol. The van der Waals surface area contributed by atoms with Gasteiger partial charge in [-0.3, -0.25) is 0 Å². The van der Waals surface area contributed by atoms with Crippen molar-refractivity contribution in [3.05, 3.63) is 40.1 Å². The zero-order chi connectivity index (χ0) is 15.2. The topological polar surface area (TPSA) is 82.3 Å². The second-order valence-electron chi connectivity index (χ2n) is 3.97. The van der Waals surface area contributed by atoms with Gasteiger partial charge in [0.05, 0.1) is 10.0 Å². The van der Waals surface area contributed by atoms with E-state index >= 15 is 0 Å². The summed E-state index contributed by atoms with van der Waals surface area (Å²) in [6.07, 6.45) is 0. The summed E-state index contributed by atoms with van der Waals surface area (Å²) in [7, 11) is 0. The lowest BCUT2D eigenvalue weighted by molar-refractivity contribution is 0.128. The molecule has 1 heterocycles. The molecule has 21 heavy (non-hydrogen) atoms. The molecule has 0 spiro atoms. The third-order valence-electron chi connectivity index (χ3n) is 2.45. The van der Waals surface area contributed by atoms with Gasteiger partial charge in [-0.15, -0.1) is 0 Å². The Hall–Kier alpha value is -1.60. The first-order chi connectivity index (χ1) is 10.1. The van der Waals surface area contributed by atoms with Crippen molar-refractivity contribution in [2.75, 3.05) is 12.0 Å². The van der Waals surface area contributed by atoms with E-state index in [4.69, 9.17) is 38.5 Å². The maximum Gasteiger partial charge on any atom is 0.224 e. The second-order valence-corrected chi connectivity index (χ2v) is 4.78. The Morgan fingerprint density at radius 3 is 2.67 bits per heavy atom. The second kappa shape index (κ2) is 7.42. The van der Waals surface area contributed by atoms with Crippen LogP contribution in [0, 0.1) is 0 Å². The van der Waals surface area contributed by atoms with Crippen molar-refractivity contribution in [1.82, 2.24) is 9.97 Å². The number of nitrogen functional groups attached to an aromatic ring is 1. The molecule has 0 saturated carbocycles. The van der Waals surface area contributed by atoms with Crippen molar-refractivity contribution in [2.45, 2.75) is 13.5 Å². The Morgan fingerprint density at radius 2 is 2.00 bits per heavy atom. The number of aromatic nitrogens is 2. The van der Waals surface area contributed by atoms with Crippen LogP contribution in [-0.4, -0.2) is 16.6 Å². The van der Waals surface area contributed by atoms with Crippen LogP contribution in [0.3, 0.4) is 0 Å². The molecule has 1 aromatic carbocycles. The highest BCUT2D eigenvalue weighted by atomic mass is 35.5. The fourth-order valence-corrected chi connectivity index (χ4v) is 1.81. The normalized spacial score (nSPS) is 10.5. The Morgan fingerprint density at radius 1 is 1.19 bits per heavy atom. The number of hydrogen-bond donors (Lipinski definition) is 2. The summed E-state index contributed by atoms with van der Waals surface area (Å²) in [6, 6.07) is 6.50. The van der Waals surface area contributed by atoms with Crippen molar-refractivity contribution >= 4 is 29.0 Å². The summed E-state index contributed by atoms with van der Waals surface area (Å²) >= 11 is 11.8. The Bertz CT molecular complexity index is 625. The molecule has 0 aliphatic carbocycles. The summed E-state index contributed by atoms with van der Waals surface area (Å²) in [5, 5.41) is 0.850. The zero-order valence-electron chi connectivity index (χ0n) is 11.3. The van der Waals surface area contributed by atoms with Crippen LogP contribution < -0.4 is 16.0 Å². The first kappa shape index (κ1) is 15.8. The van der Waals surface area contributed by atoms with Crippen LogP contribution in [0.4, 0.5) is 5.82 Å². The van der Waals surface area contributed by atoms with Crippen molar-refractivity contribution < 1.29 is 9.47 Å². The molecule has 8 heteroatoms. The van der Waals surface area contributed by atoms with Gasteiger partial charge in [-0.2, -0.15) is 4.98 Å². The third-order valence-corrected chi connectivity index (χ3v) is 3.18. The predicted molar refractivity (Wildman–Crippen MR) is 81.7 cm³/mol. The lowest BCUT2D eigenvalue weighted by Gasteiger charge is -2.09. The van der Waals surface area contributed by atoms with E-state index < -0.39 is 0 Å². The zero-order valence-corrected chi connectivity index (χ0v) is 12.8. The molecule has 2 aromatic rings. The number of halogens is 2. The van der Waals surface area contributed by atoms with Gasteiger partial charge in [0.1, 0.15) is 18.2 Å². The van der Waals surface area contributed by atoms with Gasteiger partial charge in [-0.05, 0) is 19.1 Å². The molecular weight excluding hydrogens is 315 g/mol. The molecule has 0 atom stereocenters. The Kier molecular flexibility index (Phi) is 5.58. The minimum Gasteiger partial charge on any atom is -0.439 e. The van der Waals surface area contributed by atoms with Crippen LogP contribution in [0.5, 0.6) is 11.6 Å². The number of nitrogens with zero attached hydrogens (tertiary/aromatic N) is 2. The lowest BCUT2D eigenvalue weighted by atomic mass is 10.3. The third kappa shape index (κ3) is 4.44. The Balaban J connectivity index is 2.23. The quantitative estimate of drug-likeness (QED) is 0.624. The maximum absolute atomic E-state index is 5.94. The van der Waals surface area contributed by atoms with E-state index in [1.54, 1.807) is 24.3 Å². The molecule has 2 rings (SSSR count). The molecule has 3 N–H and O–H groups in total. The highest BCUT2D eigenvalue weighted by molar-refractivity contribution is 6.42. The molecule has 0 unspecified atom stereocenters. The van der Waals surface area contributed by atoms with E-state index in [0.717, 1.165) is 0 Å². The number of benzene rings is 1. The van der Waals surface area contributed by atoms with Crippen LogP contribution in [-0.2, 0) is 11.3 Å². The summed E-state index contributed by atoms with van der Waals surface area (Å²) in [6.45, 7) is 2.72. The number of ether oxygens (including phenoxy) is 2. The fraction of sp³-hybridized carbons (Fsp3) is 0.231. The van der Waals surface area contributed by atoms with Crippen LogP contribution in [0.2, 0.25) is 10.0 Å². The standard InChI is InChI=1S/C13H14Cl2N4O2/c1-2-20-7-12-17-11(19-16)6-13(18-12)21-8-3-4-9(14)10(15)5-8/h3-6H,2,7,16H2,1H3,(H,17,18,19). The fourth-order valence-electron chi connectivity index (χ4n) is 1.52. The predicted octanol–water partition coefficient (Wildman–Crippen LogP) is 3.40. The van der Waals surface area contributed by atoms with Gasteiger partial charge < -0.3 is 14.9 Å². The average Bonchev–Trinajstić information content (AvgIpc) is 2.48. The Labute approximate surface area is 132 Å². The molecule has 0 fully saturated rings. The molecule has 0 aliphatic rings. The summed E-state index contributed by atoms with van der Waals surface area (Å²) < 4.78 is 10.9. The van der Waals surface area contributed by atoms with Gasteiger partial charge in [-0.1, -0.05) is 23.2 Å². The van der Waals surface area contributed by atoms with Crippen molar-refractivity contribution in [3.63, 3.8) is 0 Å². The van der Waals surface area contributed by atoms with Crippen molar-refractivity contribution in [2.24, 2.45) is 5.84 Å². The van der Waals surface area contributed by atoms with E-state index in [-0.39, 0.29) is 6.61 Å². The highest BCUT2D eigenvalue weighted by Gasteiger charge is 2.08. The molecule has 6 nitrogen and oxygen atoms in total. The first-order valence-electron chi connectivity index (χ1n) is 6.17. The smallest absolute Gasteiger partial charge is 0.224 e. The minimum atomic E-state index is 0.268. The number of anilines is 1. The highest BCUT2D eigenvalue weighted by Crippen LogP contribution is 2.29.